The van der Waals surface area contributed by atoms with Crippen molar-refractivity contribution in [2.75, 3.05) is 0 Å². The van der Waals surface area contributed by atoms with Gasteiger partial charge < -0.3 is 11.1 Å². The topological polar surface area (TPSA) is 72.2 Å². The third kappa shape index (κ3) is 4.09. The number of halogens is 1. The molecule has 0 fully saturated rings. The molecule has 0 heterocycles. The van der Waals surface area contributed by atoms with E-state index < -0.39 is 11.9 Å². The van der Waals surface area contributed by atoms with Gasteiger partial charge in [-0.1, -0.05) is 35.9 Å². The Morgan fingerprint density at radius 1 is 1.14 bits per heavy atom. The molecule has 0 saturated heterocycles. The van der Waals surface area contributed by atoms with Gasteiger partial charge in [0.1, 0.15) is 6.04 Å². The second kappa shape index (κ2) is 7.09. The Morgan fingerprint density at radius 2 is 1.77 bits per heavy atom. The fourth-order valence-electron chi connectivity index (χ4n) is 2.12. The van der Waals surface area contributed by atoms with Crippen molar-refractivity contribution in [3.63, 3.8) is 0 Å². The van der Waals surface area contributed by atoms with E-state index in [1.54, 1.807) is 24.3 Å². The van der Waals surface area contributed by atoms with Gasteiger partial charge in [0.15, 0.2) is 0 Å². The molecule has 2 aromatic rings. The van der Waals surface area contributed by atoms with E-state index in [-0.39, 0.29) is 5.91 Å². The zero-order chi connectivity index (χ0) is 16.1. The zero-order valence-electron chi connectivity index (χ0n) is 12.2. The van der Waals surface area contributed by atoms with Gasteiger partial charge in [-0.05, 0) is 42.3 Å². The summed E-state index contributed by atoms with van der Waals surface area (Å²) in [5, 5.41) is 3.22. The summed E-state index contributed by atoms with van der Waals surface area (Å²) in [4.78, 5) is 23.8. The van der Waals surface area contributed by atoms with Crippen LogP contribution >= 0.6 is 11.6 Å². The third-order valence-corrected chi connectivity index (χ3v) is 3.69. The number of hydrogen-bond donors (Lipinski definition) is 2. The molecule has 2 aromatic carbocycles. The Labute approximate surface area is 134 Å². The highest BCUT2D eigenvalue weighted by Crippen LogP contribution is 2.12. The number of aryl methyl sites for hydroxylation is 1. The van der Waals surface area contributed by atoms with Crippen LogP contribution in [0.3, 0.4) is 0 Å². The first-order chi connectivity index (χ1) is 10.5. The molecule has 3 N–H and O–H groups in total. The van der Waals surface area contributed by atoms with Gasteiger partial charge in [-0.3, -0.25) is 9.59 Å². The lowest BCUT2D eigenvalue weighted by Crippen LogP contribution is -2.45. The minimum absolute atomic E-state index is 0.353. The number of benzene rings is 2. The minimum atomic E-state index is -0.760. The molecule has 5 heteroatoms. The normalized spacial score (nSPS) is 11.7. The number of hydrogen-bond acceptors (Lipinski definition) is 2. The van der Waals surface area contributed by atoms with E-state index in [4.69, 9.17) is 17.3 Å². The first kappa shape index (κ1) is 16.0. The van der Waals surface area contributed by atoms with Crippen LogP contribution in [0.4, 0.5) is 0 Å². The molecule has 0 spiro atoms. The molecule has 114 valence electrons. The van der Waals surface area contributed by atoms with E-state index in [1.165, 1.54) is 0 Å². The largest absolute Gasteiger partial charge is 0.368 e. The van der Waals surface area contributed by atoms with Crippen LogP contribution in [0.1, 0.15) is 21.5 Å². The summed E-state index contributed by atoms with van der Waals surface area (Å²) in [5.41, 5.74) is 7.87. The molecule has 0 unspecified atom stereocenters. The molecule has 0 aliphatic carbocycles. The second-order valence-corrected chi connectivity index (χ2v) is 5.50. The van der Waals surface area contributed by atoms with E-state index in [0.717, 1.165) is 11.1 Å². The lowest BCUT2D eigenvalue weighted by molar-refractivity contribution is -0.119. The Bertz CT molecular complexity index is 683. The quantitative estimate of drug-likeness (QED) is 0.889. The average Bonchev–Trinajstić information content (AvgIpc) is 2.49. The first-order valence-electron chi connectivity index (χ1n) is 6.87. The van der Waals surface area contributed by atoms with Crippen LogP contribution in [-0.2, 0) is 11.2 Å². The molecular formula is C17H17ClN2O2. The fourth-order valence-corrected chi connectivity index (χ4v) is 2.25. The van der Waals surface area contributed by atoms with Gasteiger partial charge in [0.05, 0.1) is 0 Å². The number of carbonyl (C=O) groups excluding carboxylic acids is 2. The van der Waals surface area contributed by atoms with Crippen molar-refractivity contribution in [3.8, 4) is 0 Å². The Morgan fingerprint density at radius 3 is 2.36 bits per heavy atom. The van der Waals surface area contributed by atoms with Crippen LogP contribution in [-0.4, -0.2) is 17.9 Å². The molecule has 22 heavy (non-hydrogen) atoms. The molecule has 4 nitrogen and oxygen atoms in total. The minimum Gasteiger partial charge on any atom is -0.368 e. The maximum absolute atomic E-state index is 12.2. The Hall–Kier alpha value is -2.33. The van der Waals surface area contributed by atoms with Crippen molar-refractivity contribution < 1.29 is 9.59 Å². The molecule has 0 radical (unpaired) electrons. The van der Waals surface area contributed by atoms with Gasteiger partial charge in [-0.25, -0.2) is 0 Å². The van der Waals surface area contributed by atoms with Crippen LogP contribution in [0.25, 0.3) is 0 Å². The lowest BCUT2D eigenvalue weighted by Gasteiger charge is -2.17. The third-order valence-electron chi connectivity index (χ3n) is 3.44. The van der Waals surface area contributed by atoms with Gasteiger partial charge in [-0.15, -0.1) is 0 Å². The van der Waals surface area contributed by atoms with E-state index in [2.05, 4.69) is 5.32 Å². The van der Waals surface area contributed by atoms with Crippen LogP contribution in [0.2, 0.25) is 5.02 Å². The average molecular weight is 317 g/mol. The predicted molar refractivity (Wildman–Crippen MR) is 86.8 cm³/mol. The highest BCUT2D eigenvalue weighted by atomic mass is 35.5. The SMILES string of the molecule is Cc1ccccc1C[C@H](NC(=O)c1ccc(Cl)cc1)C(N)=O. The summed E-state index contributed by atoms with van der Waals surface area (Å²) in [6.07, 6.45) is 0.362. The van der Waals surface area contributed by atoms with Gasteiger partial charge >= 0.3 is 0 Å². The van der Waals surface area contributed by atoms with E-state index in [1.807, 2.05) is 31.2 Å². The predicted octanol–water partition coefficient (Wildman–Crippen LogP) is 2.47. The molecule has 0 saturated carbocycles. The van der Waals surface area contributed by atoms with Crippen molar-refractivity contribution in [2.45, 2.75) is 19.4 Å². The summed E-state index contributed by atoms with van der Waals surface area (Å²) in [7, 11) is 0. The number of carbonyl (C=O) groups is 2. The summed E-state index contributed by atoms with van der Waals surface area (Å²) in [6, 6.07) is 13.4. The molecule has 0 bridgehead atoms. The number of rotatable bonds is 5. The Balaban J connectivity index is 2.12. The van der Waals surface area contributed by atoms with Gasteiger partial charge in [0.25, 0.3) is 5.91 Å². The number of nitrogens with two attached hydrogens (primary N) is 1. The van der Waals surface area contributed by atoms with Crippen molar-refractivity contribution >= 4 is 23.4 Å². The highest BCUT2D eigenvalue weighted by Gasteiger charge is 2.20. The summed E-state index contributed by atoms with van der Waals surface area (Å²) >= 11 is 5.79. The van der Waals surface area contributed by atoms with Gasteiger partial charge in [-0.2, -0.15) is 0 Å². The summed E-state index contributed by atoms with van der Waals surface area (Å²) < 4.78 is 0. The first-order valence-corrected chi connectivity index (χ1v) is 7.25. The maximum Gasteiger partial charge on any atom is 0.251 e. The van der Waals surface area contributed by atoms with Crippen molar-refractivity contribution in [2.24, 2.45) is 5.73 Å². The summed E-state index contributed by atoms with van der Waals surface area (Å²) in [6.45, 7) is 1.95. The van der Waals surface area contributed by atoms with Crippen molar-refractivity contribution in [1.29, 1.82) is 0 Å². The van der Waals surface area contributed by atoms with E-state index in [9.17, 15) is 9.59 Å². The van der Waals surface area contributed by atoms with Crippen molar-refractivity contribution in [1.82, 2.24) is 5.32 Å². The molecule has 0 aliphatic rings. The molecule has 1 atom stereocenters. The zero-order valence-corrected chi connectivity index (χ0v) is 12.9. The smallest absolute Gasteiger partial charge is 0.251 e. The lowest BCUT2D eigenvalue weighted by atomic mass is 10.0. The van der Waals surface area contributed by atoms with Gasteiger partial charge in [0.2, 0.25) is 5.91 Å². The number of primary amides is 1. The standard InChI is InChI=1S/C17H17ClN2O2/c1-11-4-2-3-5-13(11)10-15(16(19)21)20-17(22)12-6-8-14(18)9-7-12/h2-9,15H,10H2,1H3,(H2,19,21)(H,20,22)/t15-/m0/s1. The van der Waals surface area contributed by atoms with Crippen LogP contribution in [0, 0.1) is 6.92 Å². The van der Waals surface area contributed by atoms with E-state index >= 15 is 0 Å². The second-order valence-electron chi connectivity index (χ2n) is 5.07. The van der Waals surface area contributed by atoms with Crippen molar-refractivity contribution in [3.05, 3.63) is 70.2 Å². The number of nitrogens with one attached hydrogen (secondary N) is 1. The summed E-state index contributed by atoms with van der Waals surface area (Å²) in [5.74, 6) is -0.917. The molecular weight excluding hydrogens is 300 g/mol. The van der Waals surface area contributed by atoms with E-state index in [0.29, 0.717) is 17.0 Å². The van der Waals surface area contributed by atoms with Crippen LogP contribution < -0.4 is 11.1 Å². The fraction of sp³-hybridized carbons (Fsp3) is 0.176. The molecule has 2 amide bonds. The van der Waals surface area contributed by atoms with Crippen LogP contribution in [0.5, 0.6) is 0 Å². The Kier molecular flexibility index (Phi) is 5.17. The molecule has 2 rings (SSSR count). The maximum atomic E-state index is 12.2. The highest BCUT2D eigenvalue weighted by molar-refractivity contribution is 6.30. The van der Waals surface area contributed by atoms with Gasteiger partial charge in [0, 0.05) is 17.0 Å². The number of amides is 2. The molecule has 0 aromatic heterocycles. The molecule has 0 aliphatic heterocycles. The van der Waals surface area contributed by atoms with Crippen LogP contribution in [0.15, 0.2) is 48.5 Å². The monoisotopic (exact) mass is 316 g/mol.